The fourth-order valence-electron chi connectivity index (χ4n) is 2.01. The number of carbonyl (C=O) groups excluding carboxylic acids is 1. The van der Waals surface area contributed by atoms with Gasteiger partial charge in [-0.05, 0) is 18.6 Å². The summed E-state index contributed by atoms with van der Waals surface area (Å²) in [6.45, 7) is 4.15. The van der Waals surface area contributed by atoms with Crippen LogP contribution < -0.4 is 0 Å². The largest absolute Gasteiger partial charge is 0.378 e. The topological polar surface area (TPSA) is 53.3 Å². The van der Waals surface area contributed by atoms with Crippen LogP contribution in [-0.4, -0.2) is 37.1 Å². The average molecular weight is 256 g/mol. The van der Waals surface area contributed by atoms with Crippen molar-refractivity contribution >= 4 is 12.0 Å². The molecule has 0 bridgehead atoms. The van der Waals surface area contributed by atoms with E-state index in [4.69, 9.17) is 10.00 Å². The number of morpholine rings is 1. The molecule has 1 aliphatic rings. The third-order valence-electron chi connectivity index (χ3n) is 3.00. The molecule has 1 amide bonds. The second-order valence-corrected chi connectivity index (χ2v) is 4.49. The lowest BCUT2D eigenvalue weighted by Gasteiger charge is -2.26. The third kappa shape index (κ3) is 3.43. The Morgan fingerprint density at radius 3 is 2.79 bits per heavy atom. The lowest BCUT2D eigenvalue weighted by molar-refractivity contribution is -0.130. The Balaban J connectivity index is 2.19. The molecule has 1 fully saturated rings. The predicted octanol–water partition coefficient (Wildman–Crippen LogP) is 1.76. The van der Waals surface area contributed by atoms with Crippen LogP contribution in [0.3, 0.4) is 0 Å². The highest BCUT2D eigenvalue weighted by Gasteiger charge is 2.20. The molecule has 0 radical (unpaired) electrons. The zero-order valence-electron chi connectivity index (χ0n) is 10.9. The van der Waals surface area contributed by atoms with Gasteiger partial charge in [-0.2, -0.15) is 5.26 Å². The van der Waals surface area contributed by atoms with Crippen molar-refractivity contribution in [3.8, 4) is 6.07 Å². The molecule has 4 nitrogen and oxygen atoms in total. The highest BCUT2D eigenvalue weighted by atomic mass is 16.5. The normalized spacial score (nSPS) is 16.0. The minimum absolute atomic E-state index is 0.174. The highest BCUT2D eigenvalue weighted by molar-refractivity contribution is 6.01. The molecule has 19 heavy (non-hydrogen) atoms. The molecule has 1 aliphatic heterocycles. The van der Waals surface area contributed by atoms with Crippen LogP contribution in [0.1, 0.15) is 11.1 Å². The number of nitriles is 1. The van der Waals surface area contributed by atoms with Gasteiger partial charge in [0.05, 0.1) is 13.2 Å². The number of ether oxygens (including phenoxy) is 1. The number of nitrogens with zero attached hydrogens (tertiary/aromatic N) is 2. The first-order valence-electron chi connectivity index (χ1n) is 6.26. The van der Waals surface area contributed by atoms with Crippen LogP contribution in [0.25, 0.3) is 6.08 Å². The van der Waals surface area contributed by atoms with Crippen molar-refractivity contribution in [3.63, 3.8) is 0 Å². The molecule has 0 spiro atoms. The van der Waals surface area contributed by atoms with Crippen molar-refractivity contribution in [1.82, 2.24) is 4.90 Å². The molecular weight excluding hydrogens is 240 g/mol. The molecule has 1 saturated heterocycles. The van der Waals surface area contributed by atoms with Gasteiger partial charge in [-0.3, -0.25) is 4.79 Å². The van der Waals surface area contributed by atoms with Gasteiger partial charge in [-0.25, -0.2) is 0 Å². The summed E-state index contributed by atoms with van der Waals surface area (Å²) >= 11 is 0. The highest BCUT2D eigenvalue weighted by Crippen LogP contribution is 2.12. The second-order valence-electron chi connectivity index (χ2n) is 4.49. The number of hydrogen-bond acceptors (Lipinski definition) is 3. The summed E-state index contributed by atoms with van der Waals surface area (Å²) in [7, 11) is 0. The number of amides is 1. The van der Waals surface area contributed by atoms with Crippen LogP contribution in [0.5, 0.6) is 0 Å². The number of rotatable bonds is 2. The lowest BCUT2D eigenvalue weighted by Crippen LogP contribution is -2.41. The third-order valence-corrected chi connectivity index (χ3v) is 3.00. The van der Waals surface area contributed by atoms with Gasteiger partial charge in [0.25, 0.3) is 5.91 Å². The Morgan fingerprint density at radius 2 is 2.16 bits per heavy atom. The van der Waals surface area contributed by atoms with Crippen molar-refractivity contribution in [2.75, 3.05) is 26.3 Å². The van der Waals surface area contributed by atoms with E-state index in [2.05, 4.69) is 0 Å². The number of carbonyl (C=O) groups is 1. The van der Waals surface area contributed by atoms with Gasteiger partial charge in [0, 0.05) is 13.1 Å². The van der Waals surface area contributed by atoms with Crippen LogP contribution in [0.4, 0.5) is 0 Å². The maximum Gasteiger partial charge on any atom is 0.264 e. The molecule has 4 heteroatoms. The molecule has 1 aromatic rings. The Kier molecular flexibility index (Phi) is 4.32. The Bertz CT molecular complexity index is 537. The smallest absolute Gasteiger partial charge is 0.264 e. The van der Waals surface area contributed by atoms with Crippen molar-refractivity contribution < 1.29 is 9.53 Å². The standard InChI is InChI=1S/C15H16N2O2/c1-12-3-2-4-13(9-12)10-14(11-16)15(18)17-5-7-19-8-6-17/h2-4,9-10H,5-8H2,1H3/b14-10+. The van der Waals surface area contributed by atoms with Crippen molar-refractivity contribution in [1.29, 1.82) is 5.26 Å². The molecule has 0 aromatic heterocycles. The van der Waals surface area contributed by atoms with Gasteiger partial charge in [0.15, 0.2) is 0 Å². The second kappa shape index (κ2) is 6.17. The average Bonchev–Trinajstić information content (AvgIpc) is 2.45. The maximum atomic E-state index is 12.2. The maximum absolute atomic E-state index is 12.2. The Hall–Kier alpha value is -2.12. The molecule has 1 aromatic carbocycles. The number of hydrogen-bond donors (Lipinski definition) is 0. The van der Waals surface area contributed by atoms with E-state index in [-0.39, 0.29) is 11.5 Å². The zero-order valence-corrected chi connectivity index (χ0v) is 10.9. The summed E-state index contributed by atoms with van der Waals surface area (Å²) in [6, 6.07) is 9.72. The lowest BCUT2D eigenvalue weighted by atomic mass is 10.1. The predicted molar refractivity (Wildman–Crippen MR) is 72.2 cm³/mol. The van der Waals surface area contributed by atoms with Crippen LogP contribution in [0, 0.1) is 18.3 Å². The van der Waals surface area contributed by atoms with Gasteiger partial charge in [0.2, 0.25) is 0 Å². The summed E-state index contributed by atoms with van der Waals surface area (Å²) in [6.07, 6.45) is 1.64. The minimum atomic E-state index is -0.215. The van der Waals surface area contributed by atoms with Crippen molar-refractivity contribution in [3.05, 3.63) is 41.0 Å². The number of aryl methyl sites for hydroxylation is 1. The van der Waals surface area contributed by atoms with E-state index in [1.165, 1.54) is 0 Å². The first-order valence-corrected chi connectivity index (χ1v) is 6.26. The van der Waals surface area contributed by atoms with E-state index in [1.807, 2.05) is 37.3 Å². The summed E-state index contributed by atoms with van der Waals surface area (Å²) in [4.78, 5) is 13.9. The quantitative estimate of drug-likeness (QED) is 0.598. The zero-order chi connectivity index (χ0) is 13.7. The summed E-state index contributed by atoms with van der Waals surface area (Å²) in [5.74, 6) is -0.215. The van der Waals surface area contributed by atoms with Gasteiger partial charge in [-0.15, -0.1) is 0 Å². The molecule has 0 unspecified atom stereocenters. The fraction of sp³-hybridized carbons (Fsp3) is 0.333. The van der Waals surface area contributed by atoms with E-state index in [9.17, 15) is 4.79 Å². The van der Waals surface area contributed by atoms with Crippen LogP contribution >= 0.6 is 0 Å². The van der Waals surface area contributed by atoms with Crippen LogP contribution in [-0.2, 0) is 9.53 Å². The minimum Gasteiger partial charge on any atom is -0.378 e. The molecule has 0 aliphatic carbocycles. The molecule has 2 rings (SSSR count). The van der Waals surface area contributed by atoms with Gasteiger partial charge >= 0.3 is 0 Å². The molecular formula is C15H16N2O2. The van der Waals surface area contributed by atoms with Crippen LogP contribution in [0.15, 0.2) is 29.8 Å². The SMILES string of the molecule is Cc1cccc(/C=C(\C#N)C(=O)N2CCOCC2)c1. The van der Waals surface area contributed by atoms with E-state index >= 15 is 0 Å². The fourth-order valence-corrected chi connectivity index (χ4v) is 2.01. The van der Waals surface area contributed by atoms with Gasteiger partial charge in [-0.1, -0.05) is 29.8 Å². The molecule has 0 N–H and O–H groups in total. The Labute approximate surface area is 112 Å². The number of benzene rings is 1. The molecule has 0 atom stereocenters. The van der Waals surface area contributed by atoms with E-state index in [1.54, 1.807) is 11.0 Å². The van der Waals surface area contributed by atoms with Crippen molar-refractivity contribution in [2.45, 2.75) is 6.92 Å². The molecule has 1 heterocycles. The van der Waals surface area contributed by atoms with E-state index in [0.717, 1.165) is 11.1 Å². The summed E-state index contributed by atoms with van der Waals surface area (Å²) in [5, 5.41) is 9.16. The van der Waals surface area contributed by atoms with Crippen molar-refractivity contribution in [2.24, 2.45) is 0 Å². The van der Waals surface area contributed by atoms with E-state index in [0.29, 0.717) is 26.3 Å². The molecule has 0 saturated carbocycles. The first kappa shape index (κ1) is 13.3. The van der Waals surface area contributed by atoms with Crippen LogP contribution in [0.2, 0.25) is 0 Å². The first-order chi connectivity index (χ1) is 9.20. The molecule has 98 valence electrons. The monoisotopic (exact) mass is 256 g/mol. The van der Waals surface area contributed by atoms with Gasteiger partial charge < -0.3 is 9.64 Å². The van der Waals surface area contributed by atoms with Gasteiger partial charge in [0.1, 0.15) is 11.6 Å². The Morgan fingerprint density at radius 1 is 1.42 bits per heavy atom. The summed E-state index contributed by atoms with van der Waals surface area (Å²) < 4.78 is 5.20. The van der Waals surface area contributed by atoms with E-state index < -0.39 is 0 Å². The summed E-state index contributed by atoms with van der Waals surface area (Å²) in [5.41, 5.74) is 2.15.